The van der Waals surface area contributed by atoms with Crippen molar-refractivity contribution in [2.45, 2.75) is 26.5 Å². The monoisotopic (exact) mass is 404 g/mol. The van der Waals surface area contributed by atoms with Gasteiger partial charge in [0.25, 0.3) is 0 Å². The minimum atomic E-state index is -0.373. The van der Waals surface area contributed by atoms with Gasteiger partial charge in [-0.2, -0.15) is 0 Å². The first-order chi connectivity index (χ1) is 14.1. The van der Waals surface area contributed by atoms with E-state index in [1.165, 1.54) is 6.07 Å². The Morgan fingerprint density at radius 3 is 2.69 bits per heavy atom. The van der Waals surface area contributed by atoms with Crippen LogP contribution in [0.4, 0.5) is 4.39 Å². The average molecular weight is 404 g/mol. The van der Waals surface area contributed by atoms with Crippen LogP contribution >= 0.6 is 0 Å². The summed E-state index contributed by atoms with van der Waals surface area (Å²) in [7, 11) is 1.63. The van der Waals surface area contributed by atoms with Gasteiger partial charge in [-0.1, -0.05) is 18.2 Å². The summed E-state index contributed by atoms with van der Waals surface area (Å²) in [6.07, 6.45) is 1.50. The van der Waals surface area contributed by atoms with E-state index in [9.17, 15) is 4.39 Å². The molecule has 1 heterocycles. The van der Waals surface area contributed by atoms with Crippen molar-refractivity contribution < 1.29 is 18.6 Å². The van der Waals surface area contributed by atoms with Crippen LogP contribution in [-0.2, 0) is 11.3 Å². The van der Waals surface area contributed by atoms with Crippen molar-refractivity contribution in [3.8, 4) is 11.6 Å². The van der Waals surface area contributed by atoms with Crippen molar-refractivity contribution in [2.24, 2.45) is 4.99 Å². The molecule has 0 aliphatic rings. The number of rotatable bonds is 11. The maximum atomic E-state index is 13.7. The number of methoxy groups -OCH3 is 1. The molecule has 29 heavy (non-hydrogen) atoms. The van der Waals surface area contributed by atoms with E-state index in [-0.39, 0.29) is 17.7 Å². The van der Waals surface area contributed by atoms with Crippen molar-refractivity contribution >= 4 is 5.96 Å². The Morgan fingerprint density at radius 1 is 1.17 bits per heavy atom. The zero-order chi connectivity index (χ0) is 20.9. The van der Waals surface area contributed by atoms with Gasteiger partial charge in [0, 0.05) is 25.9 Å². The fourth-order valence-electron chi connectivity index (χ4n) is 2.37. The van der Waals surface area contributed by atoms with Crippen LogP contribution in [0.25, 0.3) is 0 Å². The van der Waals surface area contributed by atoms with Gasteiger partial charge >= 0.3 is 0 Å². The van der Waals surface area contributed by atoms with Crippen LogP contribution < -0.4 is 20.1 Å². The number of ether oxygens (including phenoxy) is 3. The van der Waals surface area contributed by atoms with E-state index in [0.29, 0.717) is 38.1 Å². The lowest BCUT2D eigenvalue weighted by atomic mass is 10.3. The number of aromatic nitrogens is 1. The van der Waals surface area contributed by atoms with Crippen molar-refractivity contribution in [1.29, 1.82) is 0 Å². The predicted octanol–water partition coefficient (Wildman–Crippen LogP) is 2.77. The van der Waals surface area contributed by atoms with Crippen LogP contribution in [0.1, 0.15) is 19.4 Å². The van der Waals surface area contributed by atoms with Gasteiger partial charge in [-0.3, -0.25) is 0 Å². The Kier molecular flexibility index (Phi) is 9.71. The van der Waals surface area contributed by atoms with Gasteiger partial charge in [-0.15, -0.1) is 0 Å². The summed E-state index contributed by atoms with van der Waals surface area (Å²) < 4.78 is 29.7. The Bertz CT molecular complexity index is 756. The Labute approximate surface area is 171 Å². The molecule has 0 fully saturated rings. The maximum Gasteiger partial charge on any atom is 0.213 e. The molecule has 0 bridgehead atoms. The summed E-state index contributed by atoms with van der Waals surface area (Å²) in [6, 6.07) is 10.1. The summed E-state index contributed by atoms with van der Waals surface area (Å²) in [5.74, 6) is 1.07. The molecule has 0 aliphatic heterocycles. The zero-order valence-electron chi connectivity index (χ0n) is 17.2. The van der Waals surface area contributed by atoms with E-state index in [1.54, 1.807) is 31.5 Å². The Hall–Kier alpha value is -2.87. The smallest absolute Gasteiger partial charge is 0.213 e. The molecule has 1 atom stereocenters. The van der Waals surface area contributed by atoms with E-state index in [4.69, 9.17) is 14.2 Å². The highest BCUT2D eigenvalue weighted by Crippen LogP contribution is 2.16. The van der Waals surface area contributed by atoms with Crippen LogP contribution in [0.5, 0.6) is 11.6 Å². The highest BCUT2D eigenvalue weighted by atomic mass is 19.1. The molecule has 158 valence electrons. The number of aliphatic imine (C=N–C) groups is 1. The van der Waals surface area contributed by atoms with Crippen LogP contribution in [0.15, 0.2) is 47.6 Å². The highest BCUT2D eigenvalue weighted by molar-refractivity contribution is 5.79. The van der Waals surface area contributed by atoms with Crippen LogP contribution in [0.2, 0.25) is 0 Å². The quantitative estimate of drug-likeness (QED) is 0.341. The van der Waals surface area contributed by atoms with Crippen LogP contribution in [-0.4, -0.2) is 50.5 Å². The topological polar surface area (TPSA) is 77.0 Å². The first kappa shape index (κ1) is 22.4. The standard InChI is InChI=1S/C21H29FN4O3/c1-4-23-21(25-13-16(2)29-19-8-6-5-7-18(19)22)26-15-17-9-10-20(24-14-17)28-12-11-27-3/h5-10,14,16H,4,11-13,15H2,1-3H3,(H2,23,25,26). The fourth-order valence-corrected chi connectivity index (χ4v) is 2.37. The first-order valence-electron chi connectivity index (χ1n) is 9.62. The third kappa shape index (κ3) is 8.35. The lowest BCUT2D eigenvalue weighted by Crippen LogP contribution is -2.41. The second-order valence-electron chi connectivity index (χ2n) is 6.28. The molecule has 2 N–H and O–H groups in total. The van der Waals surface area contributed by atoms with Crippen LogP contribution in [0.3, 0.4) is 0 Å². The average Bonchev–Trinajstić information content (AvgIpc) is 2.73. The van der Waals surface area contributed by atoms with Crippen molar-refractivity contribution in [2.75, 3.05) is 33.4 Å². The molecular formula is C21H29FN4O3. The Morgan fingerprint density at radius 2 is 2.00 bits per heavy atom. The molecule has 0 saturated carbocycles. The van der Waals surface area contributed by atoms with Crippen LogP contribution in [0, 0.1) is 5.82 Å². The van der Waals surface area contributed by atoms with Crippen molar-refractivity contribution in [3.63, 3.8) is 0 Å². The molecular weight excluding hydrogens is 375 g/mol. The van der Waals surface area contributed by atoms with Gasteiger partial charge in [0.2, 0.25) is 5.88 Å². The number of nitrogens with zero attached hydrogens (tertiary/aromatic N) is 2. The number of hydrogen-bond donors (Lipinski definition) is 2. The predicted molar refractivity (Wildman–Crippen MR) is 111 cm³/mol. The van der Waals surface area contributed by atoms with Gasteiger partial charge < -0.3 is 24.8 Å². The van der Waals surface area contributed by atoms with Gasteiger partial charge in [0.1, 0.15) is 12.7 Å². The molecule has 1 aromatic carbocycles. The lowest BCUT2D eigenvalue weighted by Gasteiger charge is -2.18. The number of nitrogens with one attached hydrogen (secondary N) is 2. The molecule has 1 unspecified atom stereocenters. The van der Waals surface area contributed by atoms with Crippen molar-refractivity contribution in [3.05, 3.63) is 54.0 Å². The summed E-state index contributed by atoms with van der Waals surface area (Å²) in [4.78, 5) is 8.81. The molecule has 7 nitrogen and oxygen atoms in total. The number of hydrogen-bond acceptors (Lipinski definition) is 5. The summed E-state index contributed by atoms with van der Waals surface area (Å²) in [5, 5.41) is 6.39. The molecule has 0 radical (unpaired) electrons. The number of para-hydroxylation sites is 1. The largest absolute Gasteiger partial charge is 0.486 e. The molecule has 2 aromatic rings. The fraction of sp³-hybridized carbons (Fsp3) is 0.429. The number of benzene rings is 1. The summed E-state index contributed by atoms with van der Waals surface area (Å²) >= 11 is 0. The normalized spacial score (nSPS) is 12.3. The highest BCUT2D eigenvalue weighted by Gasteiger charge is 2.09. The zero-order valence-corrected chi connectivity index (χ0v) is 17.2. The second kappa shape index (κ2) is 12.6. The minimum Gasteiger partial charge on any atom is -0.486 e. The number of guanidine groups is 1. The maximum absolute atomic E-state index is 13.7. The molecule has 0 spiro atoms. The summed E-state index contributed by atoms with van der Waals surface area (Å²) in [6.45, 7) is 6.50. The lowest BCUT2D eigenvalue weighted by molar-refractivity contribution is 0.143. The van der Waals surface area contributed by atoms with E-state index in [0.717, 1.165) is 12.1 Å². The van der Waals surface area contributed by atoms with Gasteiger partial charge in [-0.25, -0.2) is 14.4 Å². The van der Waals surface area contributed by atoms with E-state index in [1.807, 2.05) is 26.0 Å². The third-order valence-electron chi connectivity index (χ3n) is 3.82. The van der Waals surface area contributed by atoms with E-state index >= 15 is 0 Å². The SMILES string of the molecule is CCNC(=NCc1ccc(OCCOC)nc1)NCC(C)Oc1ccccc1F. The van der Waals surface area contributed by atoms with E-state index < -0.39 is 0 Å². The molecule has 8 heteroatoms. The second-order valence-corrected chi connectivity index (χ2v) is 6.28. The molecule has 0 amide bonds. The molecule has 2 rings (SSSR count). The van der Waals surface area contributed by atoms with Gasteiger partial charge in [0.15, 0.2) is 17.5 Å². The van der Waals surface area contributed by atoms with E-state index in [2.05, 4.69) is 20.6 Å². The summed E-state index contributed by atoms with van der Waals surface area (Å²) in [5.41, 5.74) is 0.956. The minimum absolute atomic E-state index is 0.235. The number of halogens is 1. The number of pyridine rings is 1. The third-order valence-corrected chi connectivity index (χ3v) is 3.82. The first-order valence-corrected chi connectivity index (χ1v) is 9.62. The Balaban J connectivity index is 1.84. The molecule has 0 aliphatic carbocycles. The molecule has 0 saturated heterocycles. The molecule has 1 aromatic heterocycles. The van der Waals surface area contributed by atoms with Crippen molar-refractivity contribution in [1.82, 2.24) is 15.6 Å². The van der Waals surface area contributed by atoms with Gasteiger partial charge in [-0.05, 0) is 31.5 Å². The van der Waals surface area contributed by atoms with Gasteiger partial charge in [0.05, 0.1) is 19.7 Å².